The molecule has 4 aromatic carbocycles. The molecule has 9 amide bonds. The van der Waals surface area contributed by atoms with Crippen LogP contribution in [0.2, 0.25) is 0 Å². The van der Waals surface area contributed by atoms with Crippen LogP contribution in [0.15, 0.2) is 109 Å². The van der Waals surface area contributed by atoms with Gasteiger partial charge in [0.2, 0.25) is 53.2 Å². The largest absolute Gasteiger partial charge is 0.508 e. The van der Waals surface area contributed by atoms with Crippen LogP contribution in [-0.4, -0.2) is 148 Å². The third kappa shape index (κ3) is 20.9. The minimum Gasteiger partial charge on any atom is -0.508 e. The maximum absolute atomic E-state index is 14.5. The summed E-state index contributed by atoms with van der Waals surface area (Å²) in [7, 11) is -4.93. The fraction of sp³-hybridized carbons (Fsp3) is 0.321. The Morgan fingerprint density at radius 2 is 1.10 bits per heavy atom. The molecule has 1 aromatic heterocycles. The van der Waals surface area contributed by atoms with E-state index in [0.29, 0.717) is 27.6 Å². The fourth-order valence-corrected chi connectivity index (χ4v) is 9.05. The van der Waals surface area contributed by atoms with E-state index in [2.05, 4.69) is 46.4 Å². The molecule has 0 saturated heterocycles. The Morgan fingerprint density at radius 1 is 0.598 bits per heavy atom. The van der Waals surface area contributed by atoms with E-state index < -0.39 is 131 Å². The van der Waals surface area contributed by atoms with Gasteiger partial charge in [-0.25, -0.2) is 0 Å². The Hall–Kier alpha value is -9.06. The van der Waals surface area contributed by atoms with Crippen LogP contribution >= 0.6 is 11.8 Å². The van der Waals surface area contributed by atoms with Crippen LogP contribution in [0.4, 0.5) is 0 Å². The number of hydrogen-bond donors (Lipinski definition) is 14. The van der Waals surface area contributed by atoms with E-state index in [-0.39, 0.29) is 54.9 Å². The SMILES string of the molecule is CSCC[C@H](NC(=O)[C@H](Cc1c[nH]c2ccccc12)NC(=O)CNC(=O)[C@H](Cc1ccc(OS(=O)(=O)O)cc1)NC(=O)[C@H](Cc1ccc(O)cc1)NC(=O)[C@@H](N)CC(N)=O)C(=O)N[C@@H](CC(=O)O)C(=O)N[C@@H](Cc1ccccc1)C(N)=O. The molecule has 17 N–H and O–H groups in total. The van der Waals surface area contributed by atoms with E-state index in [4.69, 9.17) is 21.8 Å². The molecule has 5 rings (SSSR count). The molecule has 438 valence electrons. The number of phenols is 1. The van der Waals surface area contributed by atoms with Gasteiger partial charge in [0.1, 0.15) is 47.8 Å². The van der Waals surface area contributed by atoms with Gasteiger partial charge in [-0.05, 0) is 71.0 Å². The second-order valence-electron chi connectivity index (χ2n) is 18.7. The number of aromatic hydroxyl groups is 1. The molecule has 0 fully saturated rings. The van der Waals surface area contributed by atoms with Crippen molar-refractivity contribution >= 4 is 92.2 Å². The van der Waals surface area contributed by atoms with Crippen molar-refractivity contribution in [2.75, 3.05) is 18.6 Å². The molecule has 0 unspecified atom stereocenters. The van der Waals surface area contributed by atoms with Gasteiger partial charge in [-0.2, -0.15) is 20.2 Å². The zero-order valence-electron chi connectivity index (χ0n) is 44.0. The van der Waals surface area contributed by atoms with Crippen molar-refractivity contribution < 1.29 is 75.3 Å². The van der Waals surface area contributed by atoms with Crippen LogP contribution in [0, 0.1) is 0 Å². The van der Waals surface area contributed by atoms with E-state index in [1.807, 2.05) is 0 Å². The summed E-state index contributed by atoms with van der Waals surface area (Å²) in [6.07, 6.45) is 0.851. The number of para-hydroxylation sites is 1. The molecule has 0 saturated carbocycles. The summed E-state index contributed by atoms with van der Waals surface area (Å²) >= 11 is 1.29. The number of primary amides is 2. The summed E-state index contributed by atoms with van der Waals surface area (Å²) < 4.78 is 36.3. The van der Waals surface area contributed by atoms with E-state index in [1.54, 1.807) is 67.0 Å². The third-order valence-electron chi connectivity index (χ3n) is 12.3. The molecule has 29 heteroatoms. The van der Waals surface area contributed by atoms with Gasteiger partial charge in [-0.3, -0.25) is 52.5 Å². The fourth-order valence-electron chi connectivity index (χ4n) is 8.23. The number of carbonyl (C=O) groups is 10. The van der Waals surface area contributed by atoms with Crippen LogP contribution in [0.3, 0.4) is 0 Å². The summed E-state index contributed by atoms with van der Waals surface area (Å²) in [5.41, 5.74) is 19.2. The lowest BCUT2D eigenvalue weighted by molar-refractivity contribution is -0.141. The number of carboxylic acid groups (broad SMARTS) is 1. The van der Waals surface area contributed by atoms with Gasteiger partial charge in [0.15, 0.2) is 0 Å². The lowest BCUT2D eigenvalue weighted by Gasteiger charge is -2.26. The first-order chi connectivity index (χ1) is 38.9. The zero-order valence-corrected chi connectivity index (χ0v) is 45.6. The minimum absolute atomic E-state index is 0.0525. The number of H-pyrrole nitrogens is 1. The monoisotopic (exact) mass is 1170 g/mol. The number of fused-ring (bicyclic) bond motifs is 1. The molecule has 82 heavy (non-hydrogen) atoms. The Morgan fingerprint density at radius 3 is 1.70 bits per heavy atom. The van der Waals surface area contributed by atoms with Gasteiger partial charge in [-0.15, -0.1) is 0 Å². The number of nitrogens with two attached hydrogens (primary N) is 3. The van der Waals surface area contributed by atoms with Gasteiger partial charge in [-0.1, -0.05) is 72.8 Å². The van der Waals surface area contributed by atoms with E-state index >= 15 is 0 Å². The number of aliphatic carboxylic acids is 1. The summed E-state index contributed by atoms with van der Waals surface area (Å²) in [5, 5.41) is 37.6. The molecule has 1 heterocycles. The van der Waals surface area contributed by atoms with E-state index in [9.17, 15) is 66.6 Å². The highest BCUT2D eigenvalue weighted by atomic mass is 32.3. The van der Waals surface area contributed by atoms with E-state index in [1.165, 1.54) is 48.2 Å². The van der Waals surface area contributed by atoms with Gasteiger partial charge in [0.05, 0.1) is 25.4 Å². The molecule has 0 radical (unpaired) electrons. The van der Waals surface area contributed by atoms with Gasteiger partial charge in [0.25, 0.3) is 0 Å². The molecular formula is C53H63N11O16S2. The molecule has 0 aliphatic carbocycles. The second kappa shape index (κ2) is 30.5. The average Bonchev–Trinajstić information content (AvgIpc) is 3.95. The molecule has 0 spiro atoms. The molecule has 0 aliphatic heterocycles. The Labute approximate surface area is 473 Å². The number of amides is 9. The number of carbonyl (C=O) groups excluding carboxylic acids is 9. The number of thioether (sulfide) groups is 1. The first kappa shape index (κ1) is 63.8. The second-order valence-corrected chi connectivity index (χ2v) is 20.7. The highest BCUT2D eigenvalue weighted by molar-refractivity contribution is 7.98. The predicted molar refractivity (Wildman–Crippen MR) is 297 cm³/mol. The summed E-state index contributed by atoms with van der Waals surface area (Å²) in [6.45, 7) is -0.849. The highest BCUT2D eigenvalue weighted by Crippen LogP contribution is 2.20. The van der Waals surface area contributed by atoms with Crippen molar-refractivity contribution in [1.82, 2.24) is 42.2 Å². The van der Waals surface area contributed by atoms with Crippen molar-refractivity contribution in [1.29, 1.82) is 0 Å². The first-order valence-corrected chi connectivity index (χ1v) is 27.9. The normalized spacial score (nSPS) is 13.7. The van der Waals surface area contributed by atoms with Crippen molar-refractivity contribution in [3.63, 3.8) is 0 Å². The number of hydrogen-bond acceptors (Lipinski definition) is 16. The van der Waals surface area contributed by atoms with Crippen molar-refractivity contribution in [2.45, 2.75) is 87.2 Å². The van der Waals surface area contributed by atoms with Crippen LogP contribution in [0.1, 0.15) is 41.5 Å². The van der Waals surface area contributed by atoms with Crippen molar-refractivity contribution in [3.8, 4) is 11.5 Å². The molecule has 0 bridgehead atoms. The van der Waals surface area contributed by atoms with Gasteiger partial charge >= 0.3 is 16.4 Å². The number of aromatic nitrogens is 1. The highest BCUT2D eigenvalue weighted by Gasteiger charge is 2.34. The van der Waals surface area contributed by atoms with E-state index in [0.717, 1.165) is 12.1 Å². The first-order valence-electron chi connectivity index (χ1n) is 25.1. The van der Waals surface area contributed by atoms with Crippen LogP contribution in [-0.2, 0) is 84.0 Å². The molecule has 27 nitrogen and oxygen atoms in total. The van der Waals surface area contributed by atoms with Crippen LogP contribution in [0.25, 0.3) is 10.9 Å². The third-order valence-corrected chi connectivity index (χ3v) is 13.4. The average molecular weight is 1170 g/mol. The quantitative estimate of drug-likeness (QED) is 0.0213. The predicted octanol–water partition coefficient (Wildman–Crippen LogP) is -1.73. The number of benzene rings is 4. The van der Waals surface area contributed by atoms with Crippen molar-refractivity contribution in [2.24, 2.45) is 17.2 Å². The summed E-state index contributed by atoms with van der Waals surface area (Å²) in [6, 6.07) is 15.3. The topological polar surface area (TPSA) is 453 Å². The Kier molecular flexibility index (Phi) is 23.7. The maximum Gasteiger partial charge on any atom is 0.446 e. The lowest BCUT2D eigenvalue weighted by atomic mass is 10.0. The smallest absolute Gasteiger partial charge is 0.446 e. The van der Waals surface area contributed by atoms with Crippen LogP contribution in [0.5, 0.6) is 11.5 Å². The number of carboxylic acids is 1. The van der Waals surface area contributed by atoms with Crippen molar-refractivity contribution in [3.05, 3.63) is 132 Å². The Bertz CT molecular complexity index is 3200. The maximum atomic E-state index is 14.5. The van der Waals surface area contributed by atoms with Gasteiger partial charge < -0.3 is 73.8 Å². The summed E-state index contributed by atoms with van der Waals surface area (Å²) in [5.74, 6) is -10.4. The minimum atomic E-state index is -4.93. The number of phenolic OH excluding ortho intramolecular Hbond substituents is 1. The number of aromatic amines is 1. The number of nitrogens with one attached hydrogen (secondary N) is 8. The molecule has 7 atom stereocenters. The zero-order chi connectivity index (χ0) is 60.1. The molecule has 5 aromatic rings. The molecule has 0 aliphatic rings. The molecular weight excluding hydrogens is 1110 g/mol. The van der Waals surface area contributed by atoms with Gasteiger partial charge in [0, 0.05) is 42.8 Å². The number of rotatable bonds is 32. The standard InChI is InChI=1S/C53H63N11O16S2/c1-81-20-19-38(50(73)64-43(26-46(68)69)53(76)61-39(47(56)70)21-29-7-3-2-4-8-29)60-52(75)42(24-32-27-57-37-10-6-5-9-35(32)37)59-45(67)28-58-49(72)40(22-31-13-17-34(18-14-31)80-82(77,78)79)63-51(74)41(23-30-11-15-33(65)16-12-30)62-48(71)36(54)25-44(55)66/h2-18,27,36,38-43,57,65H,19-26,28,54H2,1H3,(H2,55,66)(H2,56,70)(H,58,72)(H,59,67)(H,60,75)(H,61,76)(H,62,71)(H,63,74)(H,64,73)(H,68,69)(H,77,78,79)/t36-,38-,39-,40-,41-,42-,43-/m0/s1. The lowest BCUT2D eigenvalue weighted by Crippen LogP contribution is -2.59. The summed E-state index contributed by atoms with van der Waals surface area (Å²) in [4.78, 5) is 137. The van der Waals surface area contributed by atoms with Crippen LogP contribution < -0.4 is 58.6 Å². The Balaban J connectivity index is 1.39.